The number of rotatable bonds is 6. The molecule has 0 saturated carbocycles. The molecular weight excluding hydrogens is 218 g/mol. The van der Waals surface area contributed by atoms with Gasteiger partial charge in [-0.05, 0) is 0 Å². The van der Waals surface area contributed by atoms with E-state index >= 15 is 0 Å². The molecule has 0 bridgehead atoms. The average Bonchev–Trinajstić information content (AvgIpc) is 2.27. The van der Waals surface area contributed by atoms with Crippen molar-refractivity contribution in [2.24, 2.45) is 0 Å². The summed E-state index contributed by atoms with van der Waals surface area (Å²) in [7, 11) is 0. The van der Waals surface area contributed by atoms with Gasteiger partial charge in [0.05, 0.1) is 25.9 Å². The quantitative estimate of drug-likeness (QED) is 0.587. The number of carboxylic acid groups (broad SMARTS) is 1. The third-order valence-corrected chi connectivity index (χ3v) is 1.87. The predicted octanol–water partition coefficient (Wildman–Crippen LogP) is -1.38. The number of carbonyl (C=O) groups is 2. The van der Waals surface area contributed by atoms with E-state index in [4.69, 9.17) is 14.6 Å². The minimum Gasteiger partial charge on any atom is -0.480 e. The molecule has 1 saturated heterocycles. The number of aliphatic carboxylic acids is 1. The normalized spacial score (nSPS) is 20.4. The van der Waals surface area contributed by atoms with Gasteiger partial charge >= 0.3 is 5.97 Å². The summed E-state index contributed by atoms with van der Waals surface area (Å²) in [4.78, 5) is 21.2. The van der Waals surface area contributed by atoms with Crippen LogP contribution in [0.25, 0.3) is 0 Å². The highest BCUT2D eigenvalue weighted by molar-refractivity contribution is 5.77. The zero-order valence-electron chi connectivity index (χ0n) is 8.81. The Labute approximate surface area is 92.7 Å². The number of hydrogen-bond donors (Lipinski definition) is 2. The van der Waals surface area contributed by atoms with Crippen molar-refractivity contribution in [3.63, 3.8) is 0 Å². The standard InChI is InChI=1S/C9H15NO6/c11-8(5-15-6-9(12)13)10-3-7-4-14-1-2-16-7/h7H,1-6H2,(H,10,11)(H,12,13). The van der Waals surface area contributed by atoms with Gasteiger partial charge in [0.25, 0.3) is 0 Å². The van der Waals surface area contributed by atoms with Gasteiger partial charge in [-0.3, -0.25) is 4.79 Å². The lowest BCUT2D eigenvalue weighted by molar-refractivity contribution is -0.143. The van der Waals surface area contributed by atoms with E-state index in [9.17, 15) is 9.59 Å². The molecule has 1 unspecified atom stereocenters. The van der Waals surface area contributed by atoms with Gasteiger partial charge in [-0.25, -0.2) is 4.79 Å². The van der Waals surface area contributed by atoms with E-state index in [2.05, 4.69) is 10.1 Å². The van der Waals surface area contributed by atoms with Crippen LogP contribution in [0.15, 0.2) is 0 Å². The average molecular weight is 233 g/mol. The third-order valence-electron chi connectivity index (χ3n) is 1.87. The van der Waals surface area contributed by atoms with Gasteiger partial charge in [-0.1, -0.05) is 0 Å². The first kappa shape index (κ1) is 12.9. The van der Waals surface area contributed by atoms with Crippen LogP contribution in [0.4, 0.5) is 0 Å². The van der Waals surface area contributed by atoms with Crippen molar-refractivity contribution in [1.82, 2.24) is 5.32 Å². The second-order valence-electron chi connectivity index (χ2n) is 3.26. The molecule has 0 aromatic heterocycles. The van der Waals surface area contributed by atoms with Crippen molar-refractivity contribution >= 4 is 11.9 Å². The molecule has 0 aliphatic carbocycles. The van der Waals surface area contributed by atoms with Gasteiger partial charge in [0, 0.05) is 6.54 Å². The number of carbonyl (C=O) groups excluding carboxylic acids is 1. The Bertz CT molecular complexity index is 238. The largest absolute Gasteiger partial charge is 0.480 e. The lowest BCUT2D eigenvalue weighted by atomic mass is 10.3. The number of carboxylic acids is 1. The zero-order chi connectivity index (χ0) is 11.8. The van der Waals surface area contributed by atoms with Crippen molar-refractivity contribution in [3.8, 4) is 0 Å². The Kier molecular flexibility index (Phi) is 5.76. The van der Waals surface area contributed by atoms with Crippen LogP contribution in [-0.2, 0) is 23.8 Å². The van der Waals surface area contributed by atoms with Gasteiger partial charge in [-0.15, -0.1) is 0 Å². The van der Waals surface area contributed by atoms with Crippen molar-refractivity contribution in [1.29, 1.82) is 0 Å². The minimum atomic E-state index is -1.10. The van der Waals surface area contributed by atoms with Gasteiger partial charge in [0.1, 0.15) is 13.2 Å². The lowest BCUT2D eigenvalue weighted by Gasteiger charge is -2.22. The van der Waals surface area contributed by atoms with Crippen molar-refractivity contribution < 1.29 is 28.9 Å². The van der Waals surface area contributed by atoms with Gasteiger partial charge in [0.15, 0.2) is 0 Å². The van der Waals surface area contributed by atoms with Crippen LogP contribution < -0.4 is 5.32 Å². The zero-order valence-corrected chi connectivity index (χ0v) is 8.81. The maximum atomic E-state index is 11.1. The smallest absolute Gasteiger partial charge is 0.329 e. The number of amides is 1. The predicted molar refractivity (Wildman–Crippen MR) is 52.0 cm³/mol. The van der Waals surface area contributed by atoms with Crippen LogP contribution in [0.5, 0.6) is 0 Å². The van der Waals surface area contributed by atoms with E-state index < -0.39 is 12.6 Å². The fourth-order valence-electron chi connectivity index (χ4n) is 1.16. The second-order valence-corrected chi connectivity index (χ2v) is 3.26. The van der Waals surface area contributed by atoms with Crippen LogP contribution >= 0.6 is 0 Å². The van der Waals surface area contributed by atoms with E-state index in [1.807, 2.05) is 0 Å². The molecule has 1 aliphatic heterocycles. The molecular formula is C9H15NO6. The van der Waals surface area contributed by atoms with Gasteiger partial charge < -0.3 is 24.6 Å². The molecule has 16 heavy (non-hydrogen) atoms. The summed E-state index contributed by atoms with van der Waals surface area (Å²) in [6.45, 7) is 1.16. The number of nitrogens with one attached hydrogen (secondary N) is 1. The van der Waals surface area contributed by atoms with Crippen LogP contribution in [0.3, 0.4) is 0 Å². The van der Waals surface area contributed by atoms with Crippen molar-refractivity contribution in [2.75, 3.05) is 39.6 Å². The lowest BCUT2D eigenvalue weighted by Crippen LogP contribution is -2.41. The van der Waals surface area contributed by atoms with E-state index in [-0.39, 0.29) is 18.6 Å². The Morgan fingerprint density at radius 3 is 2.81 bits per heavy atom. The summed E-state index contributed by atoms with van der Waals surface area (Å²) in [5.41, 5.74) is 0. The molecule has 1 atom stereocenters. The molecule has 0 radical (unpaired) electrons. The highest BCUT2D eigenvalue weighted by Gasteiger charge is 2.15. The molecule has 0 aromatic rings. The molecule has 1 rings (SSSR count). The summed E-state index contributed by atoms with van der Waals surface area (Å²) in [5, 5.41) is 10.8. The van der Waals surface area contributed by atoms with Crippen LogP contribution in [-0.4, -0.2) is 62.7 Å². The molecule has 0 aromatic carbocycles. The maximum absolute atomic E-state index is 11.1. The summed E-state index contributed by atoms with van der Waals surface area (Å²) < 4.78 is 15.1. The van der Waals surface area contributed by atoms with Crippen molar-refractivity contribution in [2.45, 2.75) is 6.10 Å². The molecule has 1 aliphatic rings. The van der Waals surface area contributed by atoms with Crippen molar-refractivity contribution in [3.05, 3.63) is 0 Å². The summed E-state index contributed by atoms with van der Waals surface area (Å²) in [6.07, 6.45) is -0.142. The maximum Gasteiger partial charge on any atom is 0.329 e. The molecule has 92 valence electrons. The minimum absolute atomic E-state index is 0.142. The number of hydrogen-bond acceptors (Lipinski definition) is 5. The Morgan fingerprint density at radius 2 is 2.19 bits per heavy atom. The Hall–Kier alpha value is -1.18. The van der Waals surface area contributed by atoms with Gasteiger partial charge in [0.2, 0.25) is 5.91 Å². The highest BCUT2D eigenvalue weighted by Crippen LogP contribution is 1.98. The molecule has 7 heteroatoms. The van der Waals surface area contributed by atoms with Crippen LogP contribution in [0, 0.1) is 0 Å². The summed E-state index contributed by atoms with van der Waals surface area (Å²) >= 11 is 0. The van der Waals surface area contributed by atoms with Gasteiger partial charge in [-0.2, -0.15) is 0 Å². The van der Waals surface area contributed by atoms with E-state index in [1.54, 1.807) is 0 Å². The second kappa shape index (κ2) is 7.15. The fraction of sp³-hybridized carbons (Fsp3) is 0.778. The molecule has 7 nitrogen and oxygen atoms in total. The first-order valence-electron chi connectivity index (χ1n) is 4.94. The van der Waals surface area contributed by atoms with Crippen LogP contribution in [0.1, 0.15) is 0 Å². The molecule has 2 N–H and O–H groups in total. The first-order valence-corrected chi connectivity index (χ1v) is 4.94. The Balaban J connectivity index is 2.02. The number of ether oxygens (including phenoxy) is 3. The first-order chi connectivity index (χ1) is 7.68. The molecule has 0 spiro atoms. The molecule has 1 amide bonds. The highest BCUT2D eigenvalue weighted by atomic mass is 16.6. The van der Waals surface area contributed by atoms with E-state index in [0.717, 1.165) is 0 Å². The van der Waals surface area contributed by atoms with E-state index in [1.165, 1.54) is 0 Å². The topological polar surface area (TPSA) is 94.1 Å². The molecule has 1 fully saturated rings. The third kappa shape index (κ3) is 5.64. The SMILES string of the molecule is O=C(O)COCC(=O)NCC1COCCO1. The van der Waals surface area contributed by atoms with Crippen LogP contribution in [0.2, 0.25) is 0 Å². The monoisotopic (exact) mass is 233 g/mol. The molecule has 1 heterocycles. The Morgan fingerprint density at radius 1 is 1.38 bits per heavy atom. The summed E-state index contributed by atoms with van der Waals surface area (Å²) in [5.74, 6) is -1.47. The fourth-order valence-corrected chi connectivity index (χ4v) is 1.16. The van der Waals surface area contributed by atoms with E-state index in [0.29, 0.717) is 26.4 Å². The summed E-state index contributed by atoms with van der Waals surface area (Å²) in [6, 6.07) is 0.